The van der Waals surface area contributed by atoms with E-state index in [0.717, 1.165) is 38.8 Å². The summed E-state index contributed by atoms with van der Waals surface area (Å²) in [4.78, 5) is 32.7. The average molecular weight is 654 g/mol. The van der Waals surface area contributed by atoms with E-state index in [-0.39, 0.29) is 35.1 Å². The van der Waals surface area contributed by atoms with E-state index >= 15 is 4.39 Å². The Hall–Kier alpha value is -4.86. The van der Waals surface area contributed by atoms with Gasteiger partial charge in [-0.1, -0.05) is 24.6 Å². The van der Waals surface area contributed by atoms with E-state index in [0.29, 0.717) is 59.3 Å². The molecular formula is C36H37F2N7O3. The molecule has 0 aliphatic carbocycles. The van der Waals surface area contributed by atoms with Crippen molar-refractivity contribution in [1.82, 2.24) is 30.1 Å². The lowest BCUT2D eigenvalue weighted by Crippen LogP contribution is -2.46. The lowest BCUT2D eigenvalue weighted by molar-refractivity contribution is -0.119. The van der Waals surface area contributed by atoms with Gasteiger partial charge in [0.15, 0.2) is 11.6 Å². The third-order valence-corrected chi connectivity index (χ3v) is 9.90. The number of hydrogen-bond donors (Lipinski definition) is 2. The highest BCUT2D eigenvalue weighted by Gasteiger charge is 2.45. The van der Waals surface area contributed by atoms with Crippen LogP contribution in [0.3, 0.4) is 0 Å². The lowest BCUT2D eigenvalue weighted by Gasteiger charge is -2.31. The third kappa shape index (κ3) is 5.77. The highest BCUT2D eigenvalue weighted by molar-refractivity contribution is 6.02. The molecule has 1 atom stereocenters. The summed E-state index contributed by atoms with van der Waals surface area (Å²) < 4.78 is 37.0. The quantitative estimate of drug-likeness (QED) is 0.222. The second-order valence-corrected chi connectivity index (χ2v) is 13.0. The summed E-state index contributed by atoms with van der Waals surface area (Å²) in [5, 5.41) is 14.9. The fourth-order valence-corrected chi connectivity index (χ4v) is 7.62. The van der Waals surface area contributed by atoms with Gasteiger partial charge in [-0.05, 0) is 69.4 Å². The smallest absolute Gasteiger partial charge is 0.319 e. The number of anilines is 1. The fraction of sp³-hybridized carbons (Fsp3) is 0.389. The Labute approximate surface area is 277 Å². The van der Waals surface area contributed by atoms with Crippen LogP contribution in [0.15, 0.2) is 48.9 Å². The molecular weight excluding hydrogens is 616 g/mol. The van der Waals surface area contributed by atoms with Gasteiger partial charge in [0.05, 0.1) is 17.0 Å². The summed E-state index contributed by atoms with van der Waals surface area (Å²) in [7, 11) is 1.91. The summed E-state index contributed by atoms with van der Waals surface area (Å²) in [6, 6.07) is 7.90. The van der Waals surface area contributed by atoms with Gasteiger partial charge < -0.3 is 25.0 Å². The minimum absolute atomic E-state index is 0.00259. The Morgan fingerprint density at radius 2 is 1.98 bits per heavy atom. The Morgan fingerprint density at radius 3 is 2.73 bits per heavy atom. The topological polar surface area (TPSA) is 107 Å². The largest absolute Gasteiger partial charge is 0.508 e. The number of carbonyl (C=O) groups excluding carboxylic acids is 1. The van der Waals surface area contributed by atoms with Crippen LogP contribution in [0.2, 0.25) is 0 Å². The van der Waals surface area contributed by atoms with E-state index in [2.05, 4.69) is 32.7 Å². The van der Waals surface area contributed by atoms with Crippen LogP contribution in [0.1, 0.15) is 31.2 Å². The molecule has 4 aromatic rings. The summed E-state index contributed by atoms with van der Waals surface area (Å²) in [5.74, 6) is 0.316. The second kappa shape index (κ2) is 12.6. The SMILES string of the molecule is C#Cc1cccc2cc(O)cc(-c3ncc4c(N5CCN(C)C[C@@H](NC(=O)C(=C)F)C5)nc(OCC56CCCN5CCC6)nc4c3F)c12. The number of pyridine rings is 1. The zero-order valence-electron chi connectivity index (χ0n) is 26.8. The molecule has 0 bridgehead atoms. The summed E-state index contributed by atoms with van der Waals surface area (Å²) in [6.07, 6.45) is 11.5. The molecule has 12 heteroatoms. The number of ether oxygens (including phenoxy) is 1. The molecule has 248 valence electrons. The molecule has 48 heavy (non-hydrogen) atoms. The van der Waals surface area contributed by atoms with E-state index in [1.807, 2.05) is 16.8 Å². The zero-order chi connectivity index (χ0) is 33.6. The number of nitrogens with one attached hydrogen (secondary N) is 1. The molecule has 7 rings (SSSR count). The van der Waals surface area contributed by atoms with Crippen molar-refractivity contribution >= 4 is 33.4 Å². The second-order valence-electron chi connectivity index (χ2n) is 13.0. The van der Waals surface area contributed by atoms with Crippen molar-refractivity contribution in [3.63, 3.8) is 0 Å². The van der Waals surface area contributed by atoms with Crippen LogP contribution in [0.25, 0.3) is 32.9 Å². The van der Waals surface area contributed by atoms with E-state index in [1.54, 1.807) is 24.3 Å². The van der Waals surface area contributed by atoms with E-state index < -0.39 is 23.6 Å². The summed E-state index contributed by atoms with van der Waals surface area (Å²) >= 11 is 0. The maximum absolute atomic E-state index is 16.9. The number of phenols is 1. The number of likely N-dealkylation sites (N-methyl/N-ethyl adjacent to an activating group) is 1. The lowest BCUT2D eigenvalue weighted by atomic mass is 9.95. The van der Waals surface area contributed by atoms with Crippen molar-refractivity contribution in [2.45, 2.75) is 37.3 Å². The monoisotopic (exact) mass is 653 g/mol. The number of phenolic OH excluding ortho intramolecular Hbond substituents is 1. The maximum atomic E-state index is 16.9. The van der Waals surface area contributed by atoms with Crippen molar-refractivity contribution in [2.75, 3.05) is 57.8 Å². The number of aromatic nitrogens is 3. The first-order chi connectivity index (χ1) is 23.2. The van der Waals surface area contributed by atoms with Crippen LogP contribution in [-0.4, -0.2) is 100 Å². The summed E-state index contributed by atoms with van der Waals surface area (Å²) in [6.45, 7) is 7.34. The number of halogens is 2. The van der Waals surface area contributed by atoms with Crippen LogP contribution < -0.4 is 15.0 Å². The molecule has 3 saturated heterocycles. The number of nitrogens with zero attached hydrogens (tertiary/aromatic N) is 6. The molecule has 2 aromatic heterocycles. The van der Waals surface area contributed by atoms with Gasteiger partial charge in [0, 0.05) is 48.9 Å². The van der Waals surface area contributed by atoms with E-state index in [1.165, 1.54) is 12.3 Å². The predicted molar refractivity (Wildman–Crippen MR) is 180 cm³/mol. The van der Waals surface area contributed by atoms with Crippen LogP contribution in [0.5, 0.6) is 11.8 Å². The van der Waals surface area contributed by atoms with Gasteiger partial charge >= 0.3 is 6.01 Å². The molecule has 5 heterocycles. The van der Waals surface area contributed by atoms with Crippen molar-refractivity contribution in [3.8, 4) is 35.4 Å². The van der Waals surface area contributed by atoms with Gasteiger partial charge in [0.25, 0.3) is 5.91 Å². The molecule has 3 fully saturated rings. The Morgan fingerprint density at radius 1 is 1.19 bits per heavy atom. The minimum atomic E-state index is -1.07. The van der Waals surface area contributed by atoms with Gasteiger partial charge in [0.2, 0.25) is 0 Å². The van der Waals surface area contributed by atoms with Crippen LogP contribution in [0.4, 0.5) is 14.6 Å². The van der Waals surface area contributed by atoms with Crippen molar-refractivity contribution < 1.29 is 23.4 Å². The van der Waals surface area contributed by atoms with Crippen molar-refractivity contribution in [3.05, 3.63) is 60.3 Å². The van der Waals surface area contributed by atoms with Gasteiger partial charge in [0.1, 0.15) is 29.4 Å². The number of fused-ring (bicyclic) bond motifs is 3. The minimum Gasteiger partial charge on any atom is -0.508 e. The van der Waals surface area contributed by atoms with Crippen LogP contribution in [0, 0.1) is 18.2 Å². The molecule has 3 aliphatic heterocycles. The van der Waals surface area contributed by atoms with Gasteiger partial charge in [-0.25, -0.2) is 8.78 Å². The number of rotatable bonds is 7. The highest BCUT2D eigenvalue weighted by Crippen LogP contribution is 2.40. The number of hydrogen-bond acceptors (Lipinski definition) is 9. The molecule has 0 saturated carbocycles. The first-order valence-electron chi connectivity index (χ1n) is 16.2. The van der Waals surface area contributed by atoms with Gasteiger partial charge in [-0.15, -0.1) is 6.42 Å². The molecule has 10 nitrogen and oxygen atoms in total. The van der Waals surface area contributed by atoms with Crippen LogP contribution in [-0.2, 0) is 4.79 Å². The predicted octanol–water partition coefficient (Wildman–Crippen LogP) is 4.40. The number of amides is 1. The fourth-order valence-electron chi connectivity index (χ4n) is 7.62. The Kier molecular flexibility index (Phi) is 8.35. The normalized spacial score (nSPS) is 19.6. The highest BCUT2D eigenvalue weighted by atomic mass is 19.1. The number of aromatic hydroxyl groups is 1. The van der Waals surface area contributed by atoms with Crippen molar-refractivity contribution in [2.24, 2.45) is 0 Å². The van der Waals surface area contributed by atoms with Gasteiger partial charge in [-0.2, -0.15) is 9.97 Å². The van der Waals surface area contributed by atoms with E-state index in [4.69, 9.17) is 16.1 Å². The zero-order valence-corrected chi connectivity index (χ0v) is 26.8. The van der Waals surface area contributed by atoms with Gasteiger partial charge in [-0.3, -0.25) is 14.7 Å². The first kappa shape index (κ1) is 31.7. The molecule has 0 unspecified atom stereocenters. The molecule has 3 aliphatic rings. The molecule has 0 radical (unpaired) electrons. The number of carbonyl (C=O) groups is 1. The number of terminal acetylenes is 1. The van der Waals surface area contributed by atoms with Crippen LogP contribution >= 0.6 is 0 Å². The third-order valence-electron chi connectivity index (χ3n) is 9.90. The maximum Gasteiger partial charge on any atom is 0.319 e. The molecule has 1 amide bonds. The Balaban J connectivity index is 1.36. The average Bonchev–Trinajstić information content (AvgIpc) is 3.60. The van der Waals surface area contributed by atoms with E-state index in [9.17, 15) is 14.3 Å². The Bertz CT molecular complexity index is 1970. The first-order valence-corrected chi connectivity index (χ1v) is 16.2. The summed E-state index contributed by atoms with van der Waals surface area (Å²) in [5.41, 5.74) is 0.739. The molecule has 2 N–H and O–H groups in total. The van der Waals surface area contributed by atoms with Crippen molar-refractivity contribution in [1.29, 1.82) is 0 Å². The molecule has 0 spiro atoms. The molecule has 2 aromatic carbocycles. The number of benzene rings is 2. The standard InChI is InChI=1S/C36H37F2N7O3/c1-4-23-8-5-9-24-16-26(46)17-27(29(23)24)31-30(38)32-28(18-39-31)33(44-15-14-43(3)19-25(20-44)40-34(47)22(2)37)42-35(41-32)48-21-36-10-6-12-45(36)13-7-11-36/h1,5,8-9,16-18,25,46H,2,6-7,10-15,19-21H2,3H3,(H,40,47)/t25-/m1/s1.